The Balaban J connectivity index is 2.45. The maximum atomic E-state index is 2.29. The van der Waals surface area contributed by atoms with Crippen molar-refractivity contribution < 1.29 is 0 Å². The highest BCUT2D eigenvalue weighted by molar-refractivity contribution is 8.00. The standard InChI is InChI=1S/C10H11NS/c1-12-11-8-4-6-9-5-2-3-7-10(9)11/h2-7H,8H2,1H3. The van der Waals surface area contributed by atoms with Crippen molar-refractivity contribution in [3.63, 3.8) is 0 Å². The topological polar surface area (TPSA) is 3.24 Å². The summed E-state index contributed by atoms with van der Waals surface area (Å²) >= 11 is 1.77. The van der Waals surface area contributed by atoms with Crippen molar-refractivity contribution >= 4 is 23.7 Å². The molecular formula is C10H11NS. The largest absolute Gasteiger partial charge is 0.312 e. The van der Waals surface area contributed by atoms with Crippen LogP contribution in [0.4, 0.5) is 5.69 Å². The Labute approximate surface area is 77.2 Å². The molecule has 0 unspecified atom stereocenters. The maximum absolute atomic E-state index is 2.29. The number of hydrogen-bond acceptors (Lipinski definition) is 2. The summed E-state index contributed by atoms with van der Waals surface area (Å²) in [5.74, 6) is 0. The predicted molar refractivity (Wildman–Crippen MR) is 56.3 cm³/mol. The Morgan fingerprint density at radius 1 is 1.33 bits per heavy atom. The van der Waals surface area contributed by atoms with Gasteiger partial charge in [-0.1, -0.05) is 42.3 Å². The van der Waals surface area contributed by atoms with Gasteiger partial charge < -0.3 is 4.31 Å². The molecule has 0 saturated heterocycles. The number of rotatable bonds is 1. The first kappa shape index (κ1) is 7.74. The van der Waals surface area contributed by atoms with E-state index in [1.807, 2.05) is 0 Å². The molecule has 0 saturated carbocycles. The molecule has 1 aromatic rings. The fourth-order valence-corrected chi connectivity index (χ4v) is 2.00. The predicted octanol–water partition coefficient (Wildman–Crippen LogP) is 2.80. The van der Waals surface area contributed by atoms with Crippen molar-refractivity contribution in [2.24, 2.45) is 0 Å². The van der Waals surface area contributed by atoms with Crippen LogP contribution in [-0.4, -0.2) is 12.8 Å². The van der Waals surface area contributed by atoms with Gasteiger partial charge in [-0.15, -0.1) is 0 Å². The molecule has 1 aliphatic rings. The SMILES string of the molecule is CSN1CC=Cc2ccccc21. The van der Waals surface area contributed by atoms with Crippen LogP contribution in [-0.2, 0) is 0 Å². The Hall–Kier alpha value is -0.890. The minimum Gasteiger partial charge on any atom is -0.312 e. The van der Waals surface area contributed by atoms with E-state index in [0.717, 1.165) is 6.54 Å². The van der Waals surface area contributed by atoms with E-state index in [9.17, 15) is 0 Å². The fraction of sp³-hybridized carbons (Fsp3) is 0.200. The van der Waals surface area contributed by atoms with Gasteiger partial charge in [0.2, 0.25) is 0 Å². The summed E-state index contributed by atoms with van der Waals surface area (Å²) in [5.41, 5.74) is 2.64. The number of para-hydroxylation sites is 1. The van der Waals surface area contributed by atoms with Gasteiger partial charge in [0.05, 0.1) is 5.69 Å². The van der Waals surface area contributed by atoms with E-state index in [1.165, 1.54) is 11.3 Å². The lowest BCUT2D eigenvalue weighted by Crippen LogP contribution is -2.16. The van der Waals surface area contributed by atoms with Crippen LogP contribution in [0, 0.1) is 0 Å². The van der Waals surface area contributed by atoms with Crippen LogP contribution in [0.25, 0.3) is 6.08 Å². The Morgan fingerprint density at radius 2 is 2.17 bits per heavy atom. The van der Waals surface area contributed by atoms with Gasteiger partial charge in [-0.2, -0.15) is 0 Å². The van der Waals surface area contributed by atoms with Gasteiger partial charge in [0.1, 0.15) is 0 Å². The Morgan fingerprint density at radius 3 is 3.00 bits per heavy atom. The van der Waals surface area contributed by atoms with Crippen LogP contribution in [0.5, 0.6) is 0 Å². The molecule has 1 aromatic carbocycles. The van der Waals surface area contributed by atoms with E-state index in [2.05, 4.69) is 47.0 Å². The summed E-state index contributed by atoms with van der Waals surface area (Å²) in [5, 5.41) is 0. The third kappa shape index (κ3) is 1.23. The Bertz CT molecular complexity index is 306. The molecule has 1 heterocycles. The Kier molecular flexibility index (Phi) is 2.09. The van der Waals surface area contributed by atoms with E-state index >= 15 is 0 Å². The molecule has 0 atom stereocenters. The second-order valence-electron chi connectivity index (χ2n) is 2.70. The normalized spacial score (nSPS) is 14.6. The molecule has 2 heteroatoms. The zero-order valence-corrected chi connectivity index (χ0v) is 7.84. The van der Waals surface area contributed by atoms with Gasteiger partial charge in [-0.3, -0.25) is 0 Å². The lowest BCUT2D eigenvalue weighted by molar-refractivity contribution is 1.19. The second kappa shape index (κ2) is 3.23. The molecule has 0 radical (unpaired) electrons. The number of fused-ring (bicyclic) bond motifs is 1. The minimum atomic E-state index is 1.01. The molecule has 0 bridgehead atoms. The molecule has 0 aliphatic carbocycles. The summed E-state index contributed by atoms with van der Waals surface area (Å²) < 4.78 is 2.29. The van der Waals surface area contributed by atoms with Crippen LogP contribution in [0.15, 0.2) is 30.3 Å². The van der Waals surface area contributed by atoms with Gasteiger partial charge in [0, 0.05) is 12.8 Å². The molecule has 12 heavy (non-hydrogen) atoms. The van der Waals surface area contributed by atoms with Gasteiger partial charge in [0.25, 0.3) is 0 Å². The highest BCUT2D eigenvalue weighted by Crippen LogP contribution is 2.29. The van der Waals surface area contributed by atoms with Gasteiger partial charge in [0.15, 0.2) is 0 Å². The van der Waals surface area contributed by atoms with Crippen molar-refractivity contribution in [2.75, 3.05) is 17.1 Å². The number of anilines is 1. The molecule has 0 aromatic heterocycles. The van der Waals surface area contributed by atoms with Crippen LogP contribution < -0.4 is 4.31 Å². The molecule has 2 rings (SSSR count). The minimum absolute atomic E-state index is 1.01. The van der Waals surface area contributed by atoms with Gasteiger partial charge >= 0.3 is 0 Å². The molecule has 0 N–H and O–H groups in total. The van der Waals surface area contributed by atoms with E-state index in [-0.39, 0.29) is 0 Å². The number of nitrogens with zero attached hydrogens (tertiary/aromatic N) is 1. The summed E-state index contributed by atoms with van der Waals surface area (Å²) in [4.78, 5) is 0. The zero-order chi connectivity index (χ0) is 8.39. The molecule has 0 fully saturated rings. The van der Waals surface area contributed by atoms with Gasteiger partial charge in [-0.05, 0) is 11.6 Å². The first-order valence-electron chi connectivity index (χ1n) is 3.99. The second-order valence-corrected chi connectivity index (χ2v) is 3.51. The lowest BCUT2D eigenvalue weighted by atomic mass is 10.1. The molecule has 0 spiro atoms. The third-order valence-electron chi connectivity index (χ3n) is 1.99. The summed E-state index contributed by atoms with van der Waals surface area (Å²) in [7, 11) is 0. The number of hydrogen-bond donors (Lipinski definition) is 0. The smallest absolute Gasteiger partial charge is 0.0545 e. The highest BCUT2D eigenvalue weighted by atomic mass is 32.2. The fourth-order valence-electron chi connectivity index (χ4n) is 1.40. The van der Waals surface area contributed by atoms with Crippen LogP contribution >= 0.6 is 11.9 Å². The maximum Gasteiger partial charge on any atom is 0.0545 e. The van der Waals surface area contributed by atoms with E-state index < -0.39 is 0 Å². The number of benzene rings is 1. The first-order valence-corrected chi connectivity index (χ1v) is 5.17. The molecule has 1 nitrogen and oxygen atoms in total. The monoisotopic (exact) mass is 177 g/mol. The first-order chi connectivity index (χ1) is 5.92. The van der Waals surface area contributed by atoms with Crippen molar-refractivity contribution in [3.8, 4) is 0 Å². The van der Waals surface area contributed by atoms with Crippen molar-refractivity contribution in [3.05, 3.63) is 35.9 Å². The van der Waals surface area contributed by atoms with E-state index in [4.69, 9.17) is 0 Å². The van der Waals surface area contributed by atoms with Crippen molar-refractivity contribution in [2.45, 2.75) is 0 Å². The van der Waals surface area contributed by atoms with E-state index in [1.54, 1.807) is 11.9 Å². The molecule has 1 aliphatic heterocycles. The van der Waals surface area contributed by atoms with Crippen LogP contribution in [0.1, 0.15) is 5.56 Å². The van der Waals surface area contributed by atoms with Gasteiger partial charge in [-0.25, -0.2) is 0 Å². The highest BCUT2D eigenvalue weighted by Gasteiger charge is 2.09. The van der Waals surface area contributed by atoms with E-state index in [0.29, 0.717) is 0 Å². The molecule has 62 valence electrons. The van der Waals surface area contributed by atoms with Crippen molar-refractivity contribution in [1.82, 2.24) is 0 Å². The summed E-state index contributed by atoms with van der Waals surface area (Å²) in [6, 6.07) is 8.47. The summed E-state index contributed by atoms with van der Waals surface area (Å²) in [6.07, 6.45) is 6.48. The quantitative estimate of drug-likeness (QED) is 0.607. The van der Waals surface area contributed by atoms with Crippen molar-refractivity contribution in [1.29, 1.82) is 0 Å². The molecule has 0 amide bonds. The average molecular weight is 177 g/mol. The lowest BCUT2D eigenvalue weighted by Gasteiger charge is -2.24. The van der Waals surface area contributed by atoms with Crippen LogP contribution in [0.3, 0.4) is 0 Å². The third-order valence-corrected chi connectivity index (χ3v) is 2.78. The average Bonchev–Trinajstić information content (AvgIpc) is 2.17. The molecular weight excluding hydrogens is 166 g/mol. The zero-order valence-electron chi connectivity index (χ0n) is 7.03. The van der Waals surface area contributed by atoms with Crippen LogP contribution in [0.2, 0.25) is 0 Å². The summed E-state index contributed by atoms with van der Waals surface area (Å²) in [6.45, 7) is 1.01.